The highest BCUT2D eigenvalue weighted by molar-refractivity contribution is 7.14. The first-order valence-electron chi connectivity index (χ1n) is 7.20. The summed E-state index contributed by atoms with van der Waals surface area (Å²) in [5.41, 5.74) is 3.69. The van der Waals surface area contributed by atoms with Crippen LogP contribution in [0.3, 0.4) is 0 Å². The molecule has 0 aliphatic rings. The van der Waals surface area contributed by atoms with E-state index in [2.05, 4.69) is 15.6 Å². The summed E-state index contributed by atoms with van der Waals surface area (Å²) in [6, 6.07) is 7.32. The number of nitrogens with zero attached hydrogens (tertiary/aromatic N) is 1. The van der Waals surface area contributed by atoms with Crippen molar-refractivity contribution in [3.63, 3.8) is 0 Å². The van der Waals surface area contributed by atoms with Crippen LogP contribution in [0.1, 0.15) is 23.0 Å². The summed E-state index contributed by atoms with van der Waals surface area (Å²) in [6.45, 7) is 3.33. The van der Waals surface area contributed by atoms with Crippen molar-refractivity contribution in [1.29, 1.82) is 0 Å². The lowest BCUT2D eigenvalue weighted by atomic mass is 10.1. The molecule has 24 heavy (non-hydrogen) atoms. The van der Waals surface area contributed by atoms with Crippen LogP contribution in [0, 0.1) is 6.92 Å². The molecule has 2 heterocycles. The van der Waals surface area contributed by atoms with Crippen molar-refractivity contribution in [3.05, 3.63) is 51.7 Å². The van der Waals surface area contributed by atoms with E-state index in [1.165, 1.54) is 18.3 Å². The third-order valence-corrected chi connectivity index (χ3v) is 4.87. The summed E-state index contributed by atoms with van der Waals surface area (Å²) in [5, 5.41) is 12.1. The first kappa shape index (κ1) is 16.4. The largest absolute Gasteiger partial charge is 0.326 e. The van der Waals surface area contributed by atoms with Gasteiger partial charge in [0, 0.05) is 34.6 Å². The Bertz CT molecular complexity index is 885. The summed E-state index contributed by atoms with van der Waals surface area (Å²) in [4.78, 5) is 27.8. The van der Waals surface area contributed by atoms with E-state index in [1.54, 1.807) is 28.8 Å². The second kappa shape index (κ2) is 6.94. The standard InChI is InChI=1S/C17H15N3O2S2/c1-10-7-13(3-4-14(10)18-11(2)21)19-16(22)15-9-24-17(20-15)12-5-6-23-8-12/h3-9H,1-2H3,(H,18,21)(H,19,22). The topological polar surface area (TPSA) is 71.1 Å². The Morgan fingerprint density at radius 1 is 1.12 bits per heavy atom. The van der Waals surface area contributed by atoms with Crippen LogP contribution in [-0.2, 0) is 4.79 Å². The maximum atomic E-state index is 12.3. The fourth-order valence-corrected chi connectivity index (χ4v) is 3.68. The number of rotatable bonds is 4. The Morgan fingerprint density at radius 2 is 1.96 bits per heavy atom. The van der Waals surface area contributed by atoms with Crippen LogP contribution in [0.15, 0.2) is 40.4 Å². The van der Waals surface area contributed by atoms with Gasteiger partial charge >= 0.3 is 0 Å². The lowest BCUT2D eigenvalue weighted by Gasteiger charge is -2.09. The Labute approximate surface area is 147 Å². The fraction of sp³-hybridized carbons (Fsp3) is 0.118. The summed E-state index contributed by atoms with van der Waals surface area (Å²) in [7, 11) is 0. The summed E-state index contributed by atoms with van der Waals surface area (Å²) in [6.07, 6.45) is 0. The van der Waals surface area contributed by atoms with Gasteiger partial charge in [0.05, 0.1) is 0 Å². The van der Waals surface area contributed by atoms with Gasteiger partial charge in [-0.05, 0) is 42.1 Å². The van der Waals surface area contributed by atoms with Crippen molar-refractivity contribution in [2.75, 3.05) is 10.6 Å². The van der Waals surface area contributed by atoms with E-state index in [4.69, 9.17) is 0 Å². The number of nitrogens with one attached hydrogen (secondary N) is 2. The van der Waals surface area contributed by atoms with Gasteiger partial charge in [0.15, 0.2) is 0 Å². The molecule has 0 spiro atoms. The quantitative estimate of drug-likeness (QED) is 0.727. The number of thiazole rings is 1. The van der Waals surface area contributed by atoms with Gasteiger partial charge in [0.1, 0.15) is 10.7 Å². The highest BCUT2D eigenvalue weighted by Gasteiger charge is 2.13. The lowest BCUT2D eigenvalue weighted by molar-refractivity contribution is -0.114. The van der Waals surface area contributed by atoms with E-state index in [9.17, 15) is 9.59 Å². The summed E-state index contributed by atoms with van der Waals surface area (Å²) >= 11 is 3.04. The Balaban J connectivity index is 1.73. The summed E-state index contributed by atoms with van der Waals surface area (Å²) in [5.74, 6) is -0.377. The van der Waals surface area contributed by atoms with Gasteiger partial charge in [-0.1, -0.05) is 0 Å². The van der Waals surface area contributed by atoms with E-state index >= 15 is 0 Å². The van der Waals surface area contributed by atoms with Crippen LogP contribution in [-0.4, -0.2) is 16.8 Å². The van der Waals surface area contributed by atoms with Crippen molar-refractivity contribution in [1.82, 2.24) is 4.98 Å². The molecule has 2 aromatic heterocycles. The van der Waals surface area contributed by atoms with Gasteiger partial charge in [-0.25, -0.2) is 4.98 Å². The second-order valence-corrected chi connectivity index (χ2v) is 6.85. The molecule has 5 nitrogen and oxygen atoms in total. The molecule has 0 fully saturated rings. The zero-order valence-corrected chi connectivity index (χ0v) is 14.8. The van der Waals surface area contributed by atoms with E-state index < -0.39 is 0 Å². The average Bonchev–Trinajstić information content (AvgIpc) is 3.19. The first-order valence-corrected chi connectivity index (χ1v) is 9.03. The van der Waals surface area contributed by atoms with Gasteiger partial charge in [-0.2, -0.15) is 11.3 Å². The molecular weight excluding hydrogens is 342 g/mol. The van der Waals surface area contributed by atoms with Gasteiger partial charge in [0.25, 0.3) is 5.91 Å². The molecule has 0 aliphatic carbocycles. The molecule has 2 N–H and O–H groups in total. The zero-order valence-electron chi connectivity index (χ0n) is 13.1. The number of carbonyl (C=O) groups is 2. The number of carbonyl (C=O) groups excluding carboxylic acids is 2. The Kier molecular flexibility index (Phi) is 4.73. The van der Waals surface area contributed by atoms with E-state index in [0.29, 0.717) is 11.4 Å². The molecule has 7 heteroatoms. The number of aryl methyl sites for hydroxylation is 1. The molecule has 3 aromatic rings. The lowest BCUT2D eigenvalue weighted by Crippen LogP contribution is -2.13. The molecule has 2 amide bonds. The number of hydrogen-bond acceptors (Lipinski definition) is 5. The monoisotopic (exact) mass is 357 g/mol. The third-order valence-electron chi connectivity index (χ3n) is 3.30. The number of thiophene rings is 1. The molecule has 0 bridgehead atoms. The van der Waals surface area contributed by atoms with Crippen molar-refractivity contribution in [3.8, 4) is 10.6 Å². The van der Waals surface area contributed by atoms with Crippen LogP contribution in [0.25, 0.3) is 10.6 Å². The molecule has 0 unspecified atom stereocenters. The molecule has 0 radical (unpaired) electrons. The minimum Gasteiger partial charge on any atom is -0.326 e. The predicted octanol–water partition coefficient (Wildman–Crippen LogP) is 4.39. The molecule has 0 saturated carbocycles. The van der Waals surface area contributed by atoms with E-state index in [0.717, 1.165) is 21.8 Å². The molecule has 0 atom stereocenters. The first-order chi connectivity index (χ1) is 11.5. The minimum absolute atomic E-state index is 0.127. The van der Waals surface area contributed by atoms with Gasteiger partial charge in [-0.15, -0.1) is 11.3 Å². The smallest absolute Gasteiger partial charge is 0.275 e. The SMILES string of the molecule is CC(=O)Nc1ccc(NC(=O)c2csc(-c3ccsc3)n2)cc1C. The van der Waals surface area contributed by atoms with Gasteiger partial charge in [-0.3, -0.25) is 9.59 Å². The Hall–Kier alpha value is -2.51. The fourth-order valence-electron chi connectivity index (χ4n) is 2.16. The number of hydrogen-bond donors (Lipinski definition) is 2. The maximum absolute atomic E-state index is 12.3. The van der Waals surface area contributed by atoms with Crippen molar-refractivity contribution < 1.29 is 9.59 Å². The van der Waals surface area contributed by atoms with Crippen LogP contribution in [0.2, 0.25) is 0 Å². The number of anilines is 2. The molecule has 0 aliphatic heterocycles. The van der Waals surface area contributed by atoms with E-state index in [1.807, 2.05) is 29.8 Å². The highest BCUT2D eigenvalue weighted by atomic mass is 32.1. The van der Waals surface area contributed by atoms with E-state index in [-0.39, 0.29) is 11.8 Å². The molecule has 3 rings (SSSR count). The van der Waals surface area contributed by atoms with Crippen molar-refractivity contribution in [2.45, 2.75) is 13.8 Å². The van der Waals surface area contributed by atoms with Crippen LogP contribution >= 0.6 is 22.7 Å². The van der Waals surface area contributed by atoms with Gasteiger partial charge in [0.2, 0.25) is 5.91 Å². The maximum Gasteiger partial charge on any atom is 0.275 e. The molecule has 122 valence electrons. The molecular formula is C17H15N3O2S2. The molecule has 1 aromatic carbocycles. The minimum atomic E-state index is -0.251. The normalized spacial score (nSPS) is 10.4. The van der Waals surface area contributed by atoms with Gasteiger partial charge < -0.3 is 10.6 Å². The second-order valence-electron chi connectivity index (χ2n) is 5.21. The van der Waals surface area contributed by atoms with Crippen LogP contribution in [0.4, 0.5) is 11.4 Å². The zero-order chi connectivity index (χ0) is 17.1. The average molecular weight is 357 g/mol. The highest BCUT2D eigenvalue weighted by Crippen LogP contribution is 2.26. The molecule has 0 saturated heterocycles. The number of amides is 2. The number of benzene rings is 1. The third kappa shape index (κ3) is 3.69. The Morgan fingerprint density at radius 3 is 2.62 bits per heavy atom. The predicted molar refractivity (Wildman–Crippen MR) is 98.9 cm³/mol. The van der Waals surface area contributed by atoms with Crippen LogP contribution < -0.4 is 10.6 Å². The number of aromatic nitrogens is 1. The van der Waals surface area contributed by atoms with Crippen molar-refractivity contribution in [2.24, 2.45) is 0 Å². The van der Waals surface area contributed by atoms with Crippen molar-refractivity contribution >= 4 is 45.9 Å². The van der Waals surface area contributed by atoms with Crippen LogP contribution in [0.5, 0.6) is 0 Å². The summed E-state index contributed by atoms with van der Waals surface area (Å²) < 4.78 is 0.